The molecule has 0 aliphatic heterocycles. The predicted molar refractivity (Wildman–Crippen MR) is 82.7 cm³/mol. The van der Waals surface area contributed by atoms with Gasteiger partial charge in [0, 0.05) is 22.0 Å². The molecule has 0 bridgehead atoms. The summed E-state index contributed by atoms with van der Waals surface area (Å²) in [4.78, 5) is 0. The average Bonchev–Trinajstić information content (AvgIpc) is 2.42. The lowest BCUT2D eigenvalue weighted by Crippen LogP contribution is -2.25. The van der Waals surface area contributed by atoms with Crippen LogP contribution in [-0.4, -0.2) is 12.2 Å². The van der Waals surface area contributed by atoms with Gasteiger partial charge in [-0.3, -0.25) is 0 Å². The first-order valence-electron chi connectivity index (χ1n) is 6.24. The van der Waals surface area contributed by atoms with Crippen LogP contribution in [0.15, 0.2) is 42.5 Å². The van der Waals surface area contributed by atoms with E-state index in [1.54, 1.807) is 26.2 Å². The Bertz CT molecular complexity index is 609. The molecule has 2 rings (SSSR count). The fourth-order valence-corrected chi connectivity index (χ4v) is 2.70. The summed E-state index contributed by atoms with van der Waals surface area (Å²) in [5, 5.41) is 11.9. The molecule has 20 heavy (non-hydrogen) atoms. The summed E-state index contributed by atoms with van der Waals surface area (Å²) >= 11 is 12.1. The molecule has 2 nitrogen and oxygen atoms in total. The number of benzene rings is 2. The fourth-order valence-electron chi connectivity index (χ4n) is 2.22. The van der Waals surface area contributed by atoms with Crippen LogP contribution in [-0.2, 0) is 12.0 Å². The summed E-state index contributed by atoms with van der Waals surface area (Å²) in [7, 11) is 1.59. The second-order valence-electron chi connectivity index (χ2n) is 4.89. The lowest BCUT2D eigenvalue weighted by Gasteiger charge is -2.26. The molecule has 0 amide bonds. The summed E-state index contributed by atoms with van der Waals surface area (Å²) in [6.45, 7) is 1.75. The van der Waals surface area contributed by atoms with Gasteiger partial charge >= 0.3 is 0 Å². The highest BCUT2D eigenvalue weighted by molar-refractivity contribution is 6.35. The molecule has 106 valence electrons. The first-order valence-corrected chi connectivity index (χ1v) is 6.99. The predicted octanol–water partition coefficient (Wildman–Crippen LogP) is 4.45. The number of para-hydroxylation sites is 1. The van der Waals surface area contributed by atoms with E-state index < -0.39 is 5.60 Å². The number of rotatable bonds is 4. The first kappa shape index (κ1) is 15.2. The van der Waals surface area contributed by atoms with Crippen molar-refractivity contribution in [2.75, 3.05) is 7.11 Å². The largest absolute Gasteiger partial charge is 0.496 e. The van der Waals surface area contributed by atoms with Crippen molar-refractivity contribution in [3.8, 4) is 5.75 Å². The van der Waals surface area contributed by atoms with E-state index in [1.165, 1.54) is 0 Å². The number of ether oxygens (including phenoxy) is 1. The van der Waals surface area contributed by atoms with Gasteiger partial charge in [-0.25, -0.2) is 0 Å². The van der Waals surface area contributed by atoms with Crippen LogP contribution in [0.4, 0.5) is 0 Å². The SMILES string of the molecule is COc1ccccc1C(C)(O)Cc1ccc(Cl)cc1Cl. The highest BCUT2D eigenvalue weighted by Crippen LogP contribution is 2.34. The molecule has 0 aromatic heterocycles. The smallest absolute Gasteiger partial charge is 0.124 e. The number of methoxy groups -OCH3 is 1. The zero-order valence-corrected chi connectivity index (χ0v) is 12.9. The quantitative estimate of drug-likeness (QED) is 0.904. The lowest BCUT2D eigenvalue weighted by molar-refractivity contribution is 0.0550. The number of hydrogen-bond donors (Lipinski definition) is 1. The summed E-state index contributed by atoms with van der Waals surface area (Å²) < 4.78 is 5.30. The lowest BCUT2D eigenvalue weighted by atomic mass is 9.88. The molecule has 0 fully saturated rings. The third kappa shape index (κ3) is 3.26. The van der Waals surface area contributed by atoms with Crippen molar-refractivity contribution < 1.29 is 9.84 Å². The van der Waals surface area contributed by atoms with Crippen LogP contribution in [0.1, 0.15) is 18.1 Å². The van der Waals surface area contributed by atoms with E-state index in [9.17, 15) is 5.11 Å². The molecule has 0 saturated carbocycles. The van der Waals surface area contributed by atoms with Crippen LogP contribution in [0, 0.1) is 0 Å². The van der Waals surface area contributed by atoms with E-state index in [4.69, 9.17) is 27.9 Å². The minimum atomic E-state index is -1.08. The van der Waals surface area contributed by atoms with E-state index in [1.807, 2.05) is 30.3 Å². The topological polar surface area (TPSA) is 29.5 Å². The van der Waals surface area contributed by atoms with Gasteiger partial charge in [0.2, 0.25) is 0 Å². The molecule has 0 heterocycles. The summed E-state index contributed by atoms with van der Waals surface area (Å²) in [5.74, 6) is 0.655. The van der Waals surface area contributed by atoms with Crippen molar-refractivity contribution in [3.05, 3.63) is 63.6 Å². The molecule has 2 aromatic carbocycles. The Morgan fingerprint density at radius 3 is 2.50 bits per heavy atom. The maximum atomic E-state index is 10.8. The fraction of sp³-hybridized carbons (Fsp3) is 0.250. The Labute approximate surface area is 128 Å². The monoisotopic (exact) mass is 310 g/mol. The second kappa shape index (κ2) is 6.04. The zero-order chi connectivity index (χ0) is 14.8. The van der Waals surface area contributed by atoms with Crippen molar-refractivity contribution in [1.82, 2.24) is 0 Å². The standard InChI is InChI=1S/C16H16Cl2O2/c1-16(19,13-5-3-4-6-15(13)20-2)10-11-7-8-12(17)9-14(11)18/h3-9,19H,10H2,1-2H3. The molecule has 2 aromatic rings. The van der Waals surface area contributed by atoms with Crippen LogP contribution < -0.4 is 4.74 Å². The van der Waals surface area contributed by atoms with Crippen LogP contribution in [0.2, 0.25) is 10.0 Å². The van der Waals surface area contributed by atoms with Gasteiger partial charge < -0.3 is 9.84 Å². The van der Waals surface area contributed by atoms with E-state index in [-0.39, 0.29) is 0 Å². The molecule has 0 radical (unpaired) electrons. The van der Waals surface area contributed by atoms with Crippen LogP contribution in [0.25, 0.3) is 0 Å². The molecular formula is C16H16Cl2O2. The maximum Gasteiger partial charge on any atom is 0.124 e. The molecule has 0 saturated heterocycles. The van der Waals surface area contributed by atoms with Gasteiger partial charge in [-0.2, -0.15) is 0 Å². The molecule has 0 aliphatic carbocycles. The van der Waals surface area contributed by atoms with Crippen molar-refractivity contribution in [2.45, 2.75) is 18.9 Å². The Balaban J connectivity index is 2.35. The van der Waals surface area contributed by atoms with Gasteiger partial charge in [-0.15, -0.1) is 0 Å². The summed E-state index contributed by atoms with van der Waals surface area (Å²) in [5.41, 5.74) is 0.491. The van der Waals surface area contributed by atoms with Gasteiger partial charge in [0.1, 0.15) is 5.75 Å². The normalized spacial score (nSPS) is 13.8. The summed E-state index contributed by atoms with van der Waals surface area (Å²) in [6, 6.07) is 12.7. The van der Waals surface area contributed by atoms with Gasteiger partial charge in [-0.05, 0) is 30.7 Å². The molecule has 1 unspecified atom stereocenters. The van der Waals surface area contributed by atoms with Crippen LogP contribution >= 0.6 is 23.2 Å². The highest BCUT2D eigenvalue weighted by Gasteiger charge is 2.27. The summed E-state index contributed by atoms with van der Waals surface area (Å²) in [6.07, 6.45) is 0.378. The second-order valence-corrected chi connectivity index (χ2v) is 5.73. The van der Waals surface area contributed by atoms with Gasteiger partial charge in [0.15, 0.2) is 0 Å². The van der Waals surface area contributed by atoms with Crippen molar-refractivity contribution in [1.29, 1.82) is 0 Å². The molecule has 4 heteroatoms. The molecule has 1 N–H and O–H groups in total. The third-order valence-corrected chi connectivity index (χ3v) is 3.82. The maximum absolute atomic E-state index is 10.8. The van der Waals surface area contributed by atoms with E-state index in [0.717, 1.165) is 11.1 Å². The van der Waals surface area contributed by atoms with Gasteiger partial charge in [0.05, 0.1) is 12.7 Å². The van der Waals surface area contributed by atoms with Crippen molar-refractivity contribution in [2.24, 2.45) is 0 Å². The first-order chi connectivity index (χ1) is 9.44. The Kier molecular flexibility index (Phi) is 4.59. The van der Waals surface area contributed by atoms with Gasteiger partial charge in [-0.1, -0.05) is 47.5 Å². The van der Waals surface area contributed by atoms with Crippen molar-refractivity contribution >= 4 is 23.2 Å². The van der Waals surface area contributed by atoms with Crippen LogP contribution in [0.5, 0.6) is 5.75 Å². The minimum absolute atomic E-state index is 0.378. The van der Waals surface area contributed by atoms with Gasteiger partial charge in [0.25, 0.3) is 0 Å². The van der Waals surface area contributed by atoms with E-state index in [2.05, 4.69) is 0 Å². The van der Waals surface area contributed by atoms with E-state index >= 15 is 0 Å². The Morgan fingerprint density at radius 2 is 1.85 bits per heavy atom. The average molecular weight is 311 g/mol. The zero-order valence-electron chi connectivity index (χ0n) is 11.4. The molecular weight excluding hydrogens is 295 g/mol. The molecule has 1 atom stereocenters. The van der Waals surface area contributed by atoms with Crippen LogP contribution in [0.3, 0.4) is 0 Å². The van der Waals surface area contributed by atoms with E-state index in [0.29, 0.717) is 22.2 Å². The molecule has 0 aliphatic rings. The van der Waals surface area contributed by atoms with Crippen molar-refractivity contribution in [3.63, 3.8) is 0 Å². The Hall–Kier alpha value is -1.22. The number of aliphatic hydroxyl groups is 1. The number of halogens is 2. The Morgan fingerprint density at radius 1 is 1.15 bits per heavy atom. The number of hydrogen-bond acceptors (Lipinski definition) is 2. The third-order valence-electron chi connectivity index (χ3n) is 3.24. The molecule has 0 spiro atoms. The highest BCUT2D eigenvalue weighted by atomic mass is 35.5. The minimum Gasteiger partial charge on any atom is -0.496 e.